The molecular formula is C14H27N3O3. The minimum atomic E-state index is -0.871. The predicted octanol–water partition coefficient (Wildman–Crippen LogP) is 1.22. The molecule has 0 spiro atoms. The summed E-state index contributed by atoms with van der Waals surface area (Å²) in [5.41, 5.74) is 0. The number of nitrogens with one attached hydrogen (secondary N) is 1. The molecule has 2 amide bonds. The Kier molecular flexibility index (Phi) is 6.78. The first-order valence-corrected chi connectivity index (χ1v) is 7.34. The lowest BCUT2D eigenvalue weighted by Crippen LogP contribution is -2.45. The second-order valence-corrected chi connectivity index (χ2v) is 5.83. The molecule has 2 unspecified atom stereocenters. The summed E-state index contributed by atoms with van der Waals surface area (Å²) >= 11 is 0. The van der Waals surface area contributed by atoms with Gasteiger partial charge >= 0.3 is 12.0 Å². The van der Waals surface area contributed by atoms with Crippen LogP contribution in [-0.2, 0) is 4.79 Å². The molecule has 2 atom stereocenters. The van der Waals surface area contributed by atoms with Gasteiger partial charge in [-0.25, -0.2) is 4.79 Å². The Labute approximate surface area is 121 Å². The fourth-order valence-corrected chi connectivity index (χ4v) is 2.71. The van der Waals surface area contributed by atoms with E-state index in [1.54, 1.807) is 11.9 Å². The maximum Gasteiger partial charge on any atom is 0.317 e. The van der Waals surface area contributed by atoms with Crippen molar-refractivity contribution in [3.05, 3.63) is 0 Å². The summed E-state index contributed by atoms with van der Waals surface area (Å²) in [5.74, 6) is -0.358. The Morgan fingerprint density at radius 3 is 2.70 bits per heavy atom. The lowest BCUT2D eigenvalue weighted by atomic mass is 10.1. The summed E-state index contributed by atoms with van der Waals surface area (Å²) in [5, 5.41) is 11.7. The van der Waals surface area contributed by atoms with Crippen LogP contribution in [0.15, 0.2) is 0 Å². The summed E-state index contributed by atoms with van der Waals surface area (Å²) in [6.07, 6.45) is 2.65. The topological polar surface area (TPSA) is 72.9 Å². The number of urea groups is 1. The van der Waals surface area contributed by atoms with E-state index in [0.29, 0.717) is 12.3 Å². The first-order valence-electron chi connectivity index (χ1n) is 7.34. The Bertz CT molecular complexity index is 336. The number of aliphatic carboxylic acids is 1. The third-order valence-corrected chi connectivity index (χ3v) is 3.75. The molecule has 1 saturated heterocycles. The SMILES string of the molecule is CCCC(CC(=O)O)NC(=O)N(C)CC1CCN(C)C1. The minimum Gasteiger partial charge on any atom is -0.481 e. The highest BCUT2D eigenvalue weighted by Crippen LogP contribution is 2.15. The molecule has 1 rings (SSSR count). The minimum absolute atomic E-state index is 0.0143. The van der Waals surface area contributed by atoms with Gasteiger partial charge in [-0.2, -0.15) is 0 Å². The van der Waals surface area contributed by atoms with Gasteiger partial charge in [0.25, 0.3) is 0 Å². The van der Waals surface area contributed by atoms with Crippen LogP contribution in [0.5, 0.6) is 0 Å². The highest BCUT2D eigenvalue weighted by molar-refractivity contribution is 5.75. The van der Waals surface area contributed by atoms with Gasteiger partial charge in [-0.1, -0.05) is 13.3 Å². The zero-order valence-electron chi connectivity index (χ0n) is 12.8. The number of carbonyl (C=O) groups excluding carboxylic acids is 1. The molecule has 0 aromatic rings. The summed E-state index contributed by atoms with van der Waals surface area (Å²) in [6, 6.07) is -0.446. The number of likely N-dealkylation sites (tertiary alicyclic amines) is 1. The molecule has 6 heteroatoms. The molecule has 1 heterocycles. The Morgan fingerprint density at radius 1 is 1.50 bits per heavy atom. The molecule has 0 aromatic heterocycles. The van der Waals surface area contributed by atoms with Crippen molar-refractivity contribution in [3.8, 4) is 0 Å². The zero-order chi connectivity index (χ0) is 15.1. The van der Waals surface area contributed by atoms with Gasteiger partial charge in [-0.3, -0.25) is 4.79 Å². The van der Waals surface area contributed by atoms with E-state index >= 15 is 0 Å². The molecular weight excluding hydrogens is 258 g/mol. The van der Waals surface area contributed by atoms with Crippen LogP contribution in [0.2, 0.25) is 0 Å². The fourth-order valence-electron chi connectivity index (χ4n) is 2.71. The fraction of sp³-hybridized carbons (Fsp3) is 0.857. The molecule has 1 aliphatic heterocycles. The van der Waals surface area contributed by atoms with Crippen molar-refractivity contribution in [1.29, 1.82) is 0 Å². The van der Waals surface area contributed by atoms with Gasteiger partial charge in [0, 0.05) is 26.2 Å². The van der Waals surface area contributed by atoms with E-state index in [1.807, 2.05) is 6.92 Å². The largest absolute Gasteiger partial charge is 0.481 e. The van der Waals surface area contributed by atoms with Gasteiger partial charge in [-0.05, 0) is 32.4 Å². The average Bonchev–Trinajstić information content (AvgIpc) is 2.74. The van der Waals surface area contributed by atoms with E-state index in [-0.39, 0.29) is 18.5 Å². The second-order valence-electron chi connectivity index (χ2n) is 5.83. The van der Waals surface area contributed by atoms with Crippen LogP contribution in [-0.4, -0.2) is 66.7 Å². The third-order valence-electron chi connectivity index (χ3n) is 3.75. The van der Waals surface area contributed by atoms with Gasteiger partial charge in [0.15, 0.2) is 0 Å². The van der Waals surface area contributed by atoms with Crippen LogP contribution < -0.4 is 5.32 Å². The van der Waals surface area contributed by atoms with Crippen molar-refractivity contribution in [2.45, 2.75) is 38.6 Å². The highest BCUT2D eigenvalue weighted by atomic mass is 16.4. The molecule has 0 aliphatic carbocycles. The monoisotopic (exact) mass is 285 g/mol. The van der Waals surface area contributed by atoms with E-state index in [1.165, 1.54) is 0 Å². The van der Waals surface area contributed by atoms with Gasteiger partial charge in [0.1, 0.15) is 0 Å². The predicted molar refractivity (Wildman–Crippen MR) is 77.7 cm³/mol. The van der Waals surface area contributed by atoms with E-state index < -0.39 is 5.97 Å². The van der Waals surface area contributed by atoms with Crippen molar-refractivity contribution >= 4 is 12.0 Å². The van der Waals surface area contributed by atoms with Gasteiger partial charge in [-0.15, -0.1) is 0 Å². The van der Waals surface area contributed by atoms with Crippen molar-refractivity contribution in [1.82, 2.24) is 15.1 Å². The second kappa shape index (κ2) is 8.09. The van der Waals surface area contributed by atoms with Crippen LogP contribution in [0, 0.1) is 5.92 Å². The molecule has 0 radical (unpaired) electrons. The standard InChI is InChI=1S/C14H27N3O3/c1-4-5-12(8-13(18)19)15-14(20)17(3)10-11-6-7-16(2)9-11/h11-12H,4-10H2,1-3H3,(H,15,20)(H,18,19). The smallest absolute Gasteiger partial charge is 0.317 e. The van der Waals surface area contributed by atoms with Crippen molar-refractivity contribution in [2.24, 2.45) is 5.92 Å². The Morgan fingerprint density at radius 2 is 2.20 bits per heavy atom. The summed E-state index contributed by atoms with van der Waals surface area (Å²) < 4.78 is 0. The molecule has 20 heavy (non-hydrogen) atoms. The van der Waals surface area contributed by atoms with Crippen LogP contribution >= 0.6 is 0 Å². The number of nitrogens with zero attached hydrogens (tertiary/aromatic N) is 2. The number of carbonyl (C=O) groups is 2. The van der Waals surface area contributed by atoms with Gasteiger partial charge < -0.3 is 20.2 Å². The quantitative estimate of drug-likeness (QED) is 0.738. The maximum atomic E-state index is 12.1. The van der Waals surface area contributed by atoms with Crippen molar-refractivity contribution in [3.63, 3.8) is 0 Å². The van der Waals surface area contributed by atoms with Crippen LogP contribution in [0.1, 0.15) is 32.6 Å². The van der Waals surface area contributed by atoms with Gasteiger partial charge in [0.2, 0.25) is 0 Å². The first kappa shape index (κ1) is 16.8. The Balaban J connectivity index is 2.40. The van der Waals surface area contributed by atoms with Crippen LogP contribution in [0.3, 0.4) is 0 Å². The number of carboxylic acid groups (broad SMARTS) is 1. The number of amides is 2. The number of rotatable bonds is 7. The molecule has 0 bridgehead atoms. The molecule has 0 saturated carbocycles. The van der Waals surface area contributed by atoms with Crippen LogP contribution in [0.4, 0.5) is 4.79 Å². The molecule has 1 fully saturated rings. The van der Waals surface area contributed by atoms with E-state index in [4.69, 9.17) is 5.11 Å². The Hall–Kier alpha value is -1.30. The first-order chi connectivity index (χ1) is 9.42. The average molecular weight is 285 g/mol. The summed E-state index contributed by atoms with van der Waals surface area (Å²) in [6.45, 7) is 4.81. The summed E-state index contributed by atoms with van der Waals surface area (Å²) in [4.78, 5) is 26.8. The molecule has 2 N–H and O–H groups in total. The molecule has 0 aromatic carbocycles. The zero-order valence-corrected chi connectivity index (χ0v) is 12.8. The highest BCUT2D eigenvalue weighted by Gasteiger charge is 2.24. The summed E-state index contributed by atoms with van der Waals surface area (Å²) in [7, 11) is 3.86. The van der Waals surface area contributed by atoms with E-state index in [0.717, 1.165) is 32.5 Å². The normalized spacial score (nSPS) is 20.6. The molecule has 6 nitrogen and oxygen atoms in total. The maximum absolute atomic E-state index is 12.1. The molecule has 116 valence electrons. The van der Waals surface area contributed by atoms with E-state index in [2.05, 4.69) is 17.3 Å². The third kappa shape index (κ3) is 5.77. The molecule has 1 aliphatic rings. The van der Waals surface area contributed by atoms with E-state index in [9.17, 15) is 9.59 Å². The number of hydrogen-bond acceptors (Lipinski definition) is 3. The van der Waals surface area contributed by atoms with Crippen LogP contribution in [0.25, 0.3) is 0 Å². The lowest BCUT2D eigenvalue weighted by Gasteiger charge is -2.24. The number of hydrogen-bond donors (Lipinski definition) is 2. The number of carboxylic acids is 1. The lowest BCUT2D eigenvalue weighted by molar-refractivity contribution is -0.137. The van der Waals surface area contributed by atoms with Gasteiger partial charge in [0.05, 0.1) is 6.42 Å². The van der Waals surface area contributed by atoms with Crippen molar-refractivity contribution in [2.75, 3.05) is 33.7 Å². The van der Waals surface area contributed by atoms with Crippen molar-refractivity contribution < 1.29 is 14.7 Å².